The van der Waals surface area contributed by atoms with Gasteiger partial charge in [0.25, 0.3) is 0 Å². The summed E-state index contributed by atoms with van der Waals surface area (Å²) in [7, 11) is 1.76. The summed E-state index contributed by atoms with van der Waals surface area (Å²) in [6, 6.07) is 6.53. The largest absolute Gasteiger partial charge is 0.294 e. The van der Waals surface area contributed by atoms with Gasteiger partial charge < -0.3 is 0 Å². The second-order valence-corrected chi connectivity index (χ2v) is 4.98. The number of carbonyl (C=O) groups is 2. The van der Waals surface area contributed by atoms with Crippen molar-refractivity contribution in [2.45, 2.75) is 19.8 Å². The van der Waals surface area contributed by atoms with Gasteiger partial charge in [-0.15, -0.1) is 0 Å². The van der Waals surface area contributed by atoms with E-state index >= 15 is 0 Å². The van der Waals surface area contributed by atoms with Gasteiger partial charge in [0, 0.05) is 23.8 Å². The zero-order valence-corrected chi connectivity index (χ0v) is 12.1. The molecule has 5 heteroatoms. The zero-order valence-electron chi connectivity index (χ0n) is 11.4. The second-order valence-electron chi connectivity index (χ2n) is 4.55. The van der Waals surface area contributed by atoms with Crippen LogP contribution in [0.1, 0.15) is 39.8 Å². The van der Waals surface area contributed by atoms with E-state index in [1.54, 1.807) is 42.2 Å². The van der Waals surface area contributed by atoms with Crippen LogP contribution in [-0.4, -0.2) is 21.3 Å². The quantitative estimate of drug-likeness (QED) is 0.628. The molecule has 0 fully saturated rings. The van der Waals surface area contributed by atoms with Crippen molar-refractivity contribution >= 4 is 23.2 Å². The molecule has 1 heterocycles. The zero-order chi connectivity index (χ0) is 14.7. The van der Waals surface area contributed by atoms with Crippen molar-refractivity contribution in [2.24, 2.45) is 7.05 Å². The van der Waals surface area contributed by atoms with Crippen LogP contribution in [0.5, 0.6) is 0 Å². The second kappa shape index (κ2) is 6.01. The number of carbonyl (C=O) groups excluding carboxylic acids is 2. The summed E-state index contributed by atoms with van der Waals surface area (Å²) < 4.78 is 1.60. The third-order valence-corrected chi connectivity index (χ3v) is 3.28. The Hall–Kier alpha value is -1.94. The lowest BCUT2D eigenvalue weighted by atomic mass is 10.0. The van der Waals surface area contributed by atoms with Gasteiger partial charge in [-0.25, -0.2) is 0 Å². The van der Waals surface area contributed by atoms with E-state index in [0.717, 1.165) is 5.69 Å². The van der Waals surface area contributed by atoms with Gasteiger partial charge in [0.1, 0.15) is 0 Å². The van der Waals surface area contributed by atoms with Gasteiger partial charge in [-0.2, -0.15) is 5.10 Å². The highest BCUT2D eigenvalue weighted by Crippen LogP contribution is 2.15. The highest BCUT2D eigenvalue weighted by molar-refractivity contribution is 6.30. The topological polar surface area (TPSA) is 52.0 Å². The van der Waals surface area contributed by atoms with E-state index in [-0.39, 0.29) is 18.0 Å². The minimum Gasteiger partial charge on any atom is -0.294 e. The Balaban J connectivity index is 2.15. The first-order valence-corrected chi connectivity index (χ1v) is 6.73. The third kappa shape index (κ3) is 3.14. The minimum atomic E-state index is -0.211. The van der Waals surface area contributed by atoms with E-state index in [2.05, 4.69) is 5.10 Å². The van der Waals surface area contributed by atoms with Gasteiger partial charge in [0.15, 0.2) is 11.6 Å². The molecule has 0 aliphatic heterocycles. The molecule has 20 heavy (non-hydrogen) atoms. The number of benzene rings is 1. The number of hydrogen-bond acceptors (Lipinski definition) is 3. The monoisotopic (exact) mass is 290 g/mol. The molecular weight excluding hydrogens is 276 g/mol. The number of hydrogen-bond donors (Lipinski definition) is 0. The molecule has 0 spiro atoms. The molecule has 0 saturated heterocycles. The van der Waals surface area contributed by atoms with Gasteiger partial charge in [-0.3, -0.25) is 14.3 Å². The predicted octanol–water partition coefficient (Wildman–Crippen LogP) is 3.09. The van der Waals surface area contributed by atoms with E-state index < -0.39 is 0 Å². The third-order valence-electron chi connectivity index (χ3n) is 3.03. The Kier molecular flexibility index (Phi) is 4.35. The first kappa shape index (κ1) is 14.5. The van der Waals surface area contributed by atoms with Crippen molar-refractivity contribution < 1.29 is 9.59 Å². The molecule has 0 aliphatic rings. The van der Waals surface area contributed by atoms with E-state index in [1.165, 1.54) is 0 Å². The van der Waals surface area contributed by atoms with Crippen LogP contribution in [0.25, 0.3) is 0 Å². The summed E-state index contributed by atoms with van der Waals surface area (Å²) in [6.45, 7) is 1.93. The van der Waals surface area contributed by atoms with Crippen LogP contribution in [0.2, 0.25) is 5.02 Å². The van der Waals surface area contributed by atoms with Gasteiger partial charge in [0.2, 0.25) is 0 Å². The average molecular weight is 291 g/mol. The Bertz CT molecular complexity index is 644. The van der Waals surface area contributed by atoms with Gasteiger partial charge in [-0.1, -0.05) is 18.5 Å². The number of nitrogens with zero attached hydrogens (tertiary/aromatic N) is 2. The minimum absolute atomic E-state index is 0.152. The number of aromatic nitrogens is 2. The molecule has 0 saturated carbocycles. The summed E-state index contributed by atoms with van der Waals surface area (Å²) in [5.41, 5.74) is 1.74. The van der Waals surface area contributed by atoms with Gasteiger partial charge in [-0.05, 0) is 30.7 Å². The number of rotatable bonds is 5. The van der Waals surface area contributed by atoms with Crippen molar-refractivity contribution in [3.63, 3.8) is 0 Å². The maximum absolute atomic E-state index is 12.2. The fourth-order valence-corrected chi connectivity index (χ4v) is 2.13. The summed E-state index contributed by atoms with van der Waals surface area (Å²) in [4.78, 5) is 24.2. The lowest BCUT2D eigenvalue weighted by molar-refractivity contribution is 0.0894. The summed E-state index contributed by atoms with van der Waals surface area (Å²) in [5.74, 6) is -0.410. The SMILES string of the molecule is CCc1nn(C)cc1C(=O)CC(=O)c1ccc(Cl)cc1. The number of ketones is 2. The molecule has 1 aromatic heterocycles. The van der Waals surface area contributed by atoms with Crippen LogP contribution < -0.4 is 0 Å². The maximum Gasteiger partial charge on any atom is 0.174 e. The Morgan fingerprint density at radius 1 is 1.20 bits per heavy atom. The fourth-order valence-electron chi connectivity index (χ4n) is 2.01. The lowest BCUT2D eigenvalue weighted by Gasteiger charge is -2.01. The number of halogens is 1. The van der Waals surface area contributed by atoms with Crippen LogP contribution in [0, 0.1) is 0 Å². The first-order valence-electron chi connectivity index (χ1n) is 6.35. The first-order chi connectivity index (χ1) is 9.51. The number of aryl methyl sites for hydroxylation is 2. The molecule has 1 aromatic carbocycles. The Morgan fingerprint density at radius 2 is 1.85 bits per heavy atom. The van der Waals surface area contributed by atoms with Gasteiger partial charge >= 0.3 is 0 Å². The molecule has 0 N–H and O–H groups in total. The lowest BCUT2D eigenvalue weighted by Crippen LogP contribution is -2.09. The standard InChI is InChI=1S/C15H15ClN2O2/c1-3-13-12(9-18(2)17-13)15(20)8-14(19)10-4-6-11(16)7-5-10/h4-7,9H,3,8H2,1-2H3. The molecule has 0 unspecified atom stereocenters. The fraction of sp³-hybridized carbons (Fsp3) is 0.267. The van der Waals surface area contributed by atoms with E-state index in [0.29, 0.717) is 22.6 Å². The van der Waals surface area contributed by atoms with Crippen molar-refractivity contribution in [2.75, 3.05) is 0 Å². The molecule has 0 radical (unpaired) electrons. The van der Waals surface area contributed by atoms with Crippen LogP contribution in [-0.2, 0) is 13.5 Å². The van der Waals surface area contributed by atoms with Crippen molar-refractivity contribution in [1.29, 1.82) is 0 Å². The average Bonchev–Trinajstić information content (AvgIpc) is 2.80. The van der Waals surface area contributed by atoms with Crippen molar-refractivity contribution in [3.05, 3.63) is 52.3 Å². The van der Waals surface area contributed by atoms with Crippen molar-refractivity contribution in [1.82, 2.24) is 9.78 Å². The molecule has 0 bridgehead atoms. The summed E-state index contributed by atoms with van der Waals surface area (Å²) in [6.07, 6.45) is 2.17. The smallest absolute Gasteiger partial charge is 0.174 e. The maximum atomic E-state index is 12.2. The molecular formula is C15H15ClN2O2. The highest BCUT2D eigenvalue weighted by Gasteiger charge is 2.18. The molecule has 2 aromatic rings. The van der Waals surface area contributed by atoms with E-state index in [4.69, 9.17) is 11.6 Å². The molecule has 0 aliphatic carbocycles. The van der Waals surface area contributed by atoms with Crippen LogP contribution in [0.4, 0.5) is 0 Å². The normalized spacial score (nSPS) is 10.6. The van der Waals surface area contributed by atoms with Crippen LogP contribution in [0.3, 0.4) is 0 Å². The van der Waals surface area contributed by atoms with Crippen LogP contribution >= 0.6 is 11.6 Å². The number of Topliss-reactive ketones (excluding diaryl/α,β-unsaturated/α-hetero) is 2. The van der Waals surface area contributed by atoms with Crippen molar-refractivity contribution in [3.8, 4) is 0 Å². The Morgan fingerprint density at radius 3 is 2.45 bits per heavy atom. The Labute approximate surface area is 122 Å². The van der Waals surface area contributed by atoms with E-state index in [9.17, 15) is 9.59 Å². The summed E-state index contributed by atoms with van der Waals surface area (Å²) in [5, 5.41) is 4.77. The molecule has 0 amide bonds. The molecule has 4 nitrogen and oxygen atoms in total. The molecule has 0 atom stereocenters. The molecule has 104 valence electrons. The van der Waals surface area contributed by atoms with Gasteiger partial charge in [0.05, 0.1) is 17.7 Å². The predicted molar refractivity (Wildman–Crippen MR) is 77.3 cm³/mol. The van der Waals surface area contributed by atoms with Crippen LogP contribution in [0.15, 0.2) is 30.5 Å². The summed E-state index contributed by atoms with van der Waals surface area (Å²) >= 11 is 5.77. The molecule has 2 rings (SSSR count). The van der Waals surface area contributed by atoms with E-state index in [1.807, 2.05) is 6.92 Å². The highest BCUT2D eigenvalue weighted by atomic mass is 35.5.